The van der Waals surface area contributed by atoms with E-state index in [4.69, 9.17) is 0 Å². The van der Waals surface area contributed by atoms with E-state index in [9.17, 15) is 23.3 Å². The Balaban J connectivity index is 1.83. The van der Waals surface area contributed by atoms with Crippen LogP contribution in [0.2, 0.25) is 0 Å². The summed E-state index contributed by atoms with van der Waals surface area (Å²) in [7, 11) is 0. The van der Waals surface area contributed by atoms with Crippen molar-refractivity contribution in [3.8, 4) is 0 Å². The molecule has 0 aromatic heterocycles. The first-order chi connectivity index (χ1) is 11.3. The van der Waals surface area contributed by atoms with Gasteiger partial charge >= 0.3 is 6.18 Å². The fourth-order valence-electron chi connectivity index (χ4n) is 2.69. The van der Waals surface area contributed by atoms with Gasteiger partial charge in [-0.1, -0.05) is 18.2 Å². The summed E-state index contributed by atoms with van der Waals surface area (Å²) < 4.78 is 39.4. The van der Waals surface area contributed by atoms with Crippen molar-refractivity contribution in [1.82, 2.24) is 5.32 Å². The molecule has 2 aromatic carbocycles. The molecule has 0 saturated heterocycles. The first kappa shape index (κ1) is 16.3. The average Bonchev–Trinajstić information content (AvgIpc) is 2.99. The number of nitro groups is 1. The Morgan fingerprint density at radius 1 is 1.12 bits per heavy atom. The summed E-state index contributed by atoms with van der Waals surface area (Å²) in [6.07, 6.45) is -4.67. The first-order valence-electron chi connectivity index (χ1n) is 7.25. The van der Waals surface area contributed by atoms with Crippen LogP contribution in [0.25, 0.3) is 0 Å². The summed E-state index contributed by atoms with van der Waals surface area (Å²) in [6, 6.07) is 8.46. The molecule has 8 heteroatoms. The number of halogens is 3. The number of hydrogen-bond donors (Lipinski definition) is 2. The molecule has 24 heavy (non-hydrogen) atoms. The van der Waals surface area contributed by atoms with Crippen LogP contribution in [0.3, 0.4) is 0 Å². The minimum Gasteiger partial charge on any atom is -0.380 e. The minimum atomic E-state index is -4.67. The zero-order chi connectivity index (χ0) is 17.3. The molecule has 1 aliphatic rings. The van der Waals surface area contributed by atoms with Gasteiger partial charge in [0.25, 0.3) is 5.69 Å². The number of nitrogens with one attached hydrogen (secondary N) is 2. The maximum absolute atomic E-state index is 13.1. The Morgan fingerprint density at radius 2 is 1.88 bits per heavy atom. The monoisotopic (exact) mass is 337 g/mol. The topological polar surface area (TPSA) is 67.2 Å². The number of hydrogen-bond acceptors (Lipinski definition) is 4. The molecule has 0 atom stereocenters. The van der Waals surface area contributed by atoms with Gasteiger partial charge in [-0.3, -0.25) is 10.1 Å². The highest BCUT2D eigenvalue weighted by molar-refractivity contribution is 5.57. The van der Waals surface area contributed by atoms with E-state index in [2.05, 4.69) is 10.6 Å². The molecule has 0 saturated carbocycles. The van der Waals surface area contributed by atoms with E-state index in [1.54, 1.807) is 0 Å². The molecule has 0 bridgehead atoms. The third-order valence-corrected chi connectivity index (χ3v) is 3.90. The van der Waals surface area contributed by atoms with Crippen molar-refractivity contribution in [3.05, 3.63) is 68.8 Å². The van der Waals surface area contributed by atoms with E-state index >= 15 is 0 Å². The summed E-state index contributed by atoms with van der Waals surface area (Å²) in [5.41, 5.74) is 1.37. The molecule has 126 valence electrons. The molecule has 0 spiro atoms. The Bertz CT molecular complexity index is 791. The van der Waals surface area contributed by atoms with Gasteiger partial charge in [0.15, 0.2) is 0 Å². The van der Waals surface area contributed by atoms with Crippen molar-refractivity contribution in [2.24, 2.45) is 0 Å². The molecule has 0 amide bonds. The number of nitrogens with zero attached hydrogens (tertiary/aromatic N) is 1. The third-order valence-electron chi connectivity index (χ3n) is 3.90. The van der Waals surface area contributed by atoms with Crippen molar-refractivity contribution < 1.29 is 18.1 Å². The standard InChI is InChI=1S/C16H14F3N3O2/c17-16(18,19)14-6-13(22(23)24)3-4-15(14)21-7-10-1-2-11-8-20-9-12(11)5-10/h1-6,20-21H,7-9H2. The smallest absolute Gasteiger partial charge is 0.380 e. The second-order valence-corrected chi connectivity index (χ2v) is 5.54. The Hall–Kier alpha value is -2.61. The molecule has 5 nitrogen and oxygen atoms in total. The molecule has 2 N–H and O–H groups in total. The molecule has 0 unspecified atom stereocenters. The number of alkyl halides is 3. The Morgan fingerprint density at radius 3 is 2.58 bits per heavy atom. The van der Waals surface area contributed by atoms with Crippen molar-refractivity contribution in [2.75, 3.05) is 5.32 Å². The lowest BCUT2D eigenvalue weighted by Crippen LogP contribution is -2.11. The molecule has 1 heterocycles. The second kappa shape index (κ2) is 6.12. The third kappa shape index (κ3) is 3.33. The largest absolute Gasteiger partial charge is 0.418 e. The predicted molar refractivity (Wildman–Crippen MR) is 82.4 cm³/mol. The van der Waals surface area contributed by atoms with Gasteiger partial charge in [0.05, 0.1) is 10.5 Å². The van der Waals surface area contributed by atoms with Crippen LogP contribution >= 0.6 is 0 Å². The average molecular weight is 337 g/mol. The zero-order valence-electron chi connectivity index (χ0n) is 12.5. The lowest BCUT2D eigenvalue weighted by atomic mass is 10.1. The molecular formula is C16H14F3N3O2. The highest BCUT2D eigenvalue weighted by Crippen LogP contribution is 2.37. The predicted octanol–water partition coefficient (Wildman–Crippen LogP) is 3.83. The van der Waals surface area contributed by atoms with Gasteiger partial charge in [0.1, 0.15) is 0 Å². The van der Waals surface area contributed by atoms with Gasteiger partial charge in [-0.05, 0) is 22.8 Å². The number of fused-ring (bicyclic) bond motifs is 1. The molecule has 0 radical (unpaired) electrons. The van der Waals surface area contributed by atoms with E-state index in [1.807, 2.05) is 18.2 Å². The SMILES string of the molecule is O=[N+]([O-])c1ccc(NCc2ccc3c(c2)CNC3)c(C(F)(F)F)c1. The van der Waals surface area contributed by atoms with Gasteiger partial charge in [-0.15, -0.1) is 0 Å². The zero-order valence-corrected chi connectivity index (χ0v) is 12.5. The van der Waals surface area contributed by atoms with E-state index in [0.717, 1.165) is 36.3 Å². The van der Waals surface area contributed by atoms with Crippen LogP contribution in [0.4, 0.5) is 24.5 Å². The van der Waals surface area contributed by atoms with E-state index in [-0.39, 0.29) is 12.2 Å². The van der Waals surface area contributed by atoms with Crippen molar-refractivity contribution in [2.45, 2.75) is 25.8 Å². The summed E-state index contributed by atoms with van der Waals surface area (Å²) in [6.45, 7) is 1.74. The molecule has 1 aliphatic heterocycles. The van der Waals surface area contributed by atoms with Gasteiger partial charge in [0, 0.05) is 37.5 Å². The maximum Gasteiger partial charge on any atom is 0.418 e. The van der Waals surface area contributed by atoms with Crippen molar-refractivity contribution >= 4 is 11.4 Å². The molecule has 3 rings (SSSR count). The minimum absolute atomic E-state index is 0.174. The Labute approximate surface area is 135 Å². The summed E-state index contributed by atoms with van der Waals surface area (Å²) >= 11 is 0. The summed E-state index contributed by atoms with van der Waals surface area (Å²) in [5.74, 6) is 0. The van der Waals surface area contributed by atoms with E-state index in [0.29, 0.717) is 6.07 Å². The second-order valence-electron chi connectivity index (χ2n) is 5.54. The molecule has 2 aromatic rings. The number of benzene rings is 2. The first-order valence-corrected chi connectivity index (χ1v) is 7.25. The quantitative estimate of drug-likeness (QED) is 0.657. The number of nitro benzene ring substituents is 1. The van der Waals surface area contributed by atoms with Crippen molar-refractivity contribution in [3.63, 3.8) is 0 Å². The number of anilines is 1. The van der Waals surface area contributed by atoms with Crippen LogP contribution in [0, 0.1) is 10.1 Å². The highest BCUT2D eigenvalue weighted by atomic mass is 19.4. The Kier molecular flexibility index (Phi) is 4.15. The fraction of sp³-hybridized carbons (Fsp3) is 0.250. The van der Waals surface area contributed by atoms with Crippen LogP contribution in [0.1, 0.15) is 22.3 Å². The lowest BCUT2D eigenvalue weighted by Gasteiger charge is -2.15. The van der Waals surface area contributed by atoms with Crippen LogP contribution in [-0.4, -0.2) is 4.92 Å². The highest BCUT2D eigenvalue weighted by Gasteiger charge is 2.35. The lowest BCUT2D eigenvalue weighted by molar-refractivity contribution is -0.385. The normalized spacial score (nSPS) is 13.6. The van der Waals surface area contributed by atoms with Crippen LogP contribution in [-0.2, 0) is 25.8 Å². The van der Waals surface area contributed by atoms with E-state index in [1.165, 1.54) is 5.56 Å². The van der Waals surface area contributed by atoms with Gasteiger partial charge in [-0.2, -0.15) is 13.2 Å². The van der Waals surface area contributed by atoms with Gasteiger partial charge < -0.3 is 10.6 Å². The summed E-state index contributed by atoms with van der Waals surface area (Å²) in [4.78, 5) is 9.85. The maximum atomic E-state index is 13.1. The van der Waals surface area contributed by atoms with Crippen LogP contribution in [0.15, 0.2) is 36.4 Å². The molecule has 0 aliphatic carbocycles. The summed E-state index contributed by atoms with van der Waals surface area (Å²) in [5, 5.41) is 16.6. The molecular weight excluding hydrogens is 323 g/mol. The number of rotatable bonds is 4. The fourth-order valence-corrected chi connectivity index (χ4v) is 2.69. The van der Waals surface area contributed by atoms with Gasteiger partial charge in [0.2, 0.25) is 0 Å². The van der Waals surface area contributed by atoms with Crippen molar-refractivity contribution in [1.29, 1.82) is 0 Å². The number of non-ortho nitro benzene ring substituents is 1. The van der Waals surface area contributed by atoms with E-state index < -0.39 is 22.4 Å². The van der Waals surface area contributed by atoms with Crippen LogP contribution < -0.4 is 10.6 Å². The van der Waals surface area contributed by atoms with Crippen LogP contribution in [0.5, 0.6) is 0 Å². The molecule has 0 fully saturated rings. The van der Waals surface area contributed by atoms with Gasteiger partial charge in [-0.25, -0.2) is 0 Å².